The van der Waals surface area contributed by atoms with Gasteiger partial charge in [0.15, 0.2) is 0 Å². The zero-order valence-electron chi connectivity index (χ0n) is 12.8. The van der Waals surface area contributed by atoms with Gasteiger partial charge in [-0.25, -0.2) is 4.98 Å². The van der Waals surface area contributed by atoms with Crippen molar-refractivity contribution in [1.82, 2.24) is 10.3 Å². The standard InChI is InChI=1S/C16H28N2O/c1-12(2)9-16(7-5-6-8-16)14-10-18-15(19-14)11-17-13(3)4/h10,12-13,17H,5-9,11H2,1-4H3. The van der Waals surface area contributed by atoms with E-state index in [1.54, 1.807) is 0 Å². The summed E-state index contributed by atoms with van der Waals surface area (Å²) in [6, 6.07) is 0.464. The lowest BCUT2D eigenvalue weighted by Crippen LogP contribution is -2.24. The van der Waals surface area contributed by atoms with Gasteiger partial charge in [0.2, 0.25) is 5.89 Å². The highest BCUT2D eigenvalue weighted by Crippen LogP contribution is 2.45. The van der Waals surface area contributed by atoms with Crippen molar-refractivity contribution in [2.24, 2.45) is 5.92 Å². The number of hydrogen-bond donors (Lipinski definition) is 1. The normalized spacial score (nSPS) is 18.6. The summed E-state index contributed by atoms with van der Waals surface area (Å²) in [5, 5.41) is 3.36. The second kappa shape index (κ2) is 6.08. The molecule has 1 aliphatic rings. The Morgan fingerprint density at radius 3 is 2.53 bits per heavy atom. The van der Waals surface area contributed by atoms with Crippen LogP contribution in [0.4, 0.5) is 0 Å². The third kappa shape index (κ3) is 3.59. The van der Waals surface area contributed by atoms with Crippen molar-refractivity contribution in [3.8, 4) is 0 Å². The number of hydrogen-bond acceptors (Lipinski definition) is 3. The second-order valence-electron chi connectivity index (χ2n) is 6.74. The molecule has 19 heavy (non-hydrogen) atoms. The molecule has 0 atom stereocenters. The number of oxazole rings is 1. The molecule has 0 aromatic carbocycles. The number of nitrogens with zero attached hydrogens (tertiary/aromatic N) is 1. The number of nitrogens with one attached hydrogen (secondary N) is 1. The van der Waals surface area contributed by atoms with E-state index in [4.69, 9.17) is 4.42 Å². The maximum absolute atomic E-state index is 6.05. The van der Waals surface area contributed by atoms with Crippen LogP contribution in [0.1, 0.15) is 71.5 Å². The smallest absolute Gasteiger partial charge is 0.208 e. The Balaban J connectivity index is 2.10. The maximum atomic E-state index is 6.05. The van der Waals surface area contributed by atoms with E-state index < -0.39 is 0 Å². The SMILES string of the molecule is CC(C)CC1(c2cnc(CNC(C)C)o2)CCCC1. The minimum absolute atomic E-state index is 0.261. The molecular formula is C16H28N2O. The van der Waals surface area contributed by atoms with Crippen molar-refractivity contribution < 1.29 is 4.42 Å². The maximum Gasteiger partial charge on any atom is 0.208 e. The molecule has 0 aliphatic heterocycles. The second-order valence-corrected chi connectivity index (χ2v) is 6.74. The highest BCUT2D eigenvalue weighted by molar-refractivity contribution is 5.14. The first-order chi connectivity index (χ1) is 9.02. The van der Waals surface area contributed by atoms with Crippen LogP contribution in [0, 0.1) is 5.92 Å². The molecule has 1 fully saturated rings. The fourth-order valence-electron chi connectivity index (χ4n) is 3.31. The molecule has 1 heterocycles. The largest absolute Gasteiger partial charge is 0.444 e. The average Bonchev–Trinajstić information content (AvgIpc) is 2.94. The summed E-state index contributed by atoms with van der Waals surface area (Å²) in [7, 11) is 0. The molecule has 3 heteroatoms. The van der Waals surface area contributed by atoms with E-state index >= 15 is 0 Å². The van der Waals surface area contributed by atoms with Crippen LogP contribution < -0.4 is 5.32 Å². The molecule has 0 unspecified atom stereocenters. The molecule has 3 nitrogen and oxygen atoms in total. The summed E-state index contributed by atoms with van der Waals surface area (Å²) >= 11 is 0. The minimum atomic E-state index is 0.261. The summed E-state index contributed by atoms with van der Waals surface area (Å²) in [6.45, 7) is 9.62. The van der Waals surface area contributed by atoms with Gasteiger partial charge in [-0.1, -0.05) is 40.5 Å². The highest BCUT2D eigenvalue weighted by atomic mass is 16.4. The molecule has 0 radical (unpaired) electrons. The fraction of sp³-hybridized carbons (Fsp3) is 0.812. The third-order valence-electron chi connectivity index (χ3n) is 4.10. The van der Waals surface area contributed by atoms with Crippen LogP contribution in [0.5, 0.6) is 0 Å². The molecule has 0 bridgehead atoms. The van der Waals surface area contributed by atoms with E-state index in [2.05, 4.69) is 38.0 Å². The summed E-state index contributed by atoms with van der Waals surface area (Å²) in [4.78, 5) is 4.46. The molecule has 108 valence electrons. The van der Waals surface area contributed by atoms with Crippen molar-refractivity contribution in [1.29, 1.82) is 0 Å². The topological polar surface area (TPSA) is 38.1 Å². The van der Waals surface area contributed by atoms with Gasteiger partial charge in [-0.2, -0.15) is 0 Å². The van der Waals surface area contributed by atoms with Crippen LogP contribution in [0.3, 0.4) is 0 Å². The molecule has 0 spiro atoms. The van der Waals surface area contributed by atoms with Gasteiger partial charge in [0, 0.05) is 11.5 Å². The first-order valence-corrected chi connectivity index (χ1v) is 7.70. The van der Waals surface area contributed by atoms with Gasteiger partial charge in [0.1, 0.15) is 5.76 Å². The van der Waals surface area contributed by atoms with Gasteiger partial charge in [-0.15, -0.1) is 0 Å². The lowest BCUT2D eigenvalue weighted by molar-refractivity contribution is 0.274. The fourth-order valence-corrected chi connectivity index (χ4v) is 3.31. The Morgan fingerprint density at radius 2 is 1.95 bits per heavy atom. The van der Waals surface area contributed by atoms with E-state index in [-0.39, 0.29) is 5.41 Å². The monoisotopic (exact) mass is 264 g/mol. The first kappa shape index (κ1) is 14.6. The Bertz CT molecular complexity index is 389. The van der Waals surface area contributed by atoms with E-state index in [0.717, 1.165) is 18.2 Å². The molecule has 0 saturated heterocycles. The van der Waals surface area contributed by atoms with E-state index in [1.807, 2.05) is 6.20 Å². The van der Waals surface area contributed by atoms with E-state index in [0.29, 0.717) is 12.0 Å². The van der Waals surface area contributed by atoms with Crippen LogP contribution in [0.15, 0.2) is 10.6 Å². The lowest BCUT2D eigenvalue weighted by atomic mass is 9.77. The van der Waals surface area contributed by atoms with Crippen LogP contribution in [0.2, 0.25) is 0 Å². The van der Waals surface area contributed by atoms with Crippen molar-refractivity contribution in [2.45, 2.75) is 77.8 Å². The molecule has 2 rings (SSSR count). The lowest BCUT2D eigenvalue weighted by Gasteiger charge is -2.28. The molecule has 0 amide bonds. The predicted octanol–water partition coefficient (Wildman–Crippen LogP) is 4.03. The van der Waals surface area contributed by atoms with Gasteiger partial charge < -0.3 is 9.73 Å². The Kier molecular flexibility index (Phi) is 4.67. The van der Waals surface area contributed by atoms with Gasteiger partial charge >= 0.3 is 0 Å². The zero-order chi connectivity index (χ0) is 13.9. The summed E-state index contributed by atoms with van der Waals surface area (Å²) < 4.78 is 6.05. The molecule has 1 aliphatic carbocycles. The summed E-state index contributed by atoms with van der Waals surface area (Å²) in [6.07, 6.45) is 8.37. The highest BCUT2D eigenvalue weighted by Gasteiger charge is 2.39. The number of rotatable bonds is 6. The van der Waals surface area contributed by atoms with Gasteiger partial charge in [0.25, 0.3) is 0 Å². The zero-order valence-corrected chi connectivity index (χ0v) is 12.8. The van der Waals surface area contributed by atoms with E-state index in [1.165, 1.54) is 32.1 Å². The van der Waals surface area contributed by atoms with Crippen molar-refractivity contribution >= 4 is 0 Å². The van der Waals surface area contributed by atoms with E-state index in [9.17, 15) is 0 Å². The molecule has 1 saturated carbocycles. The molecule has 1 aromatic heterocycles. The Hall–Kier alpha value is -0.830. The van der Waals surface area contributed by atoms with Gasteiger partial charge in [-0.05, 0) is 25.2 Å². The average molecular weight is 264 g/mol. The first-order valence-electron chi connectivity index (χ1n) is 7.70. The van der Waals surface area contributed by atoms with Crippen LogP contribution in [-0.4, -0.2) is 11.0 Å². The van der Waals surface area contributed by atoms with Gasteiger partial charge in [-0.3, -0.25) is 0 Å². The Labute approximate surface area is 117 Å². The molecular weight excluding hydrogens is 236 g/mol. The quantitative estimate of drug-likeness (QED) is 0.843. The van der Waals surface area contributed by atoms with Crippen molar-refractivity contribution in [3.05, 3.63) is 17.8 Å². The van der Waals surface area contributed by atoms with Gasteiger partial charge in [0.05, 0.1) is 12.7 Å². The minimum Gasteiger partial charge on any atom is -0.444 e. The van der Waals surface area contributed by atoms with Crippen molar-refractivity contribution in [3.63, 3.8) is 0 Å². The summed E-state index contributed by atoms with van der Waals surface area (Å²) in [5.74, 6) is 2.67. The third-order valence-corrected chi connectivity index (χ3v) is 4.10. The van der Waals surface area contributed by atoms with Crippen molar-refractivity contribution in [2.75, 3.05) is 0 Å². The van der Waals surface area contributed by atoms with Crippen LogP contribution >= 0.6 is 0 Å². The number of aromatic nitrogens is 1. The summed E-state index contributed by atoms with van der Waals surface area (Å²) in [5.41, 5.74) is 0.261. The molecule has 1 N–H and O–H groups in total. The predicted molar refractivity (Wildman–Crippen MR) is 78.1 cm³/mol. The van der Waals surface area contributed by atoms with Crippen LogP contribution in [0.25, 0.3) is 0 Å². The molecule has 1 aromatic rings. The Morgan fingerprint density at radius 1 is 1.26 bits per heavy atom. The van der Waals surface area contributed by atoms with Crippen LogP contribution in [-0.2, 0) is 12.0 Å².